The van der Waals surface area contributed by atoms with Gasteiger partial charge >= 0.3 is 12.1 Å². The number of piperazine rings is 1. The lowest BCUT2D eigenvalue weighted by atomic mass is 9.85. The third-order valence-electron chi connectivity index (χ3n) is 8.00. The molecule has 3 aliphatic rings. The van der Waals surface area contributed by atoms with Crippen LogP contribution in [-0.2, 0) is 18.0 Å². The number of aromatic nitrogens is 2. The summed E-state index contributed by atoms with van der Waals surface area (Å²) in [5.74, 6) is -1.15. The van der Waals surface area contributed by atoms with E-state index in [0.29, 0.717) is 33.5 Å². The quantitative estimate of drug-likeness (QED) is 0.267. The molecule has 4 aromatic rings. The molecule has 0 radical (unpaired) electrons. The van der Waals surface area contributed by atoms with E-state index in [1.807, 2.05) is 11.0 Å². The number of thiophene rings is 1. The monoisotopic (exact) mass is 568 g/mol. The number of rotatable bonds is 4. The van der Waals surface area contributed by atoms with Crippen LogP contribution in [0.15, 0.2) is 12.1 Å². The predicted molar refractivity (Wildman–Crippen MR) is 140 cm³/mol. The molecular weight excluding hydrogens is 546 g/mol. The Kier molecular flexibility index (Phi) is 5.46. The first kappa shape index (κ1) is 25.3. The minimum atomic E-state index is -2.96. The summed E-state index contributed by atoms with van der Waals surface area (Å²) in [5, 5.41) is 39.7. The van der Waals surface area contributed by atoms with Crippen molar-refractivity contribution in [3.05, 3.63) is 40.5 Å². The highest BCUT2D eigenvalue weighted by Crippen LogP contribution is 2.49. The molecule has 2 bridgehead atoms. The number of hydrogen-bond donors (Lipinski definition) is 4. The van der Waals surface area contributed by atoms with Crippen molar-refractivity contribution in [3.63, 3.8) is 0 Å². The number of ether oxygens (including phenoxy) is 2. The van der Waals surface area contributed by atoms with E-state index >= 15 is 8.78 Å². The largest absolute Gasteiger partial charge is 0.467 e. The van der Waals surface area contributed by atoms with Crippen LogP contribution in [0.5, 0.6) is 6.01 Å². The van der Waals surface area contributed by atoms with Gasteiger partial charge in [0.05, 0.1) is 31.3 Å². The Morgan fingerprint density at radius 1 is 1.12 bits per heavy atom. The van der Waals surface area contributed by atoms with E-state index in [1.165, 1.54) is 19.2 Å². The van der Waals surface area contributed by atoms with Crippen molar-refractivity contribution in [2.75, 3.05) is 30.8 Å². The number of anilines is 2. The Morgan fingerprint density at radius 2 is 1.85 bits per heavy atom. The Labute approximate surface area is 229 Å². The summed E-state index contributed by atoms with van der Waals surface area (Å²) >= 11 is 1.12. The molecule has 5 heterocycles. The molecule has 40 heavy (non-hydrogen) atoms. The van der Waals surface area contributed by atoms with Crippen LogP contribution in [-0.4, -0.2) is 68.6 Å². The molecule has 3 aliphatic heterocycles. The molecule has 2 aromatic carbocycles. The normalized spacial score (nSPS) is 20.6. The lowest BCUT2D eigenvalue weighted by Gasteiger charge is -2.58. The Hall–Kier alpha value is -3.71. The minimum absolute atomic E-state index is 0.00300. The van der Waals surface area contributed by atoms with Crippen LogP contribution in [0, 0.1) is 23.0 Å². The molecule has 7 rings (SSSR count). The van der Waals surface area contributed by atoms with Crippen molar-refractivity contribution in [1.82, 2.24) is 14.9 Å². The maximum Gasteiger partial charge on any atom is 0.345 e. The average molecular weight is 569 g/mol. The van der Waals surface area contributed by atoms with Crippen molar-refractivity contribution in [3.8, 4) is 23.2 Å². The smallest absolute Gasteiger partial charge is 0.345 e. The standard InChI is InChI=1S/C26H22F2N6O5S/c1-38-25-31-22-19(24(32-25)34-10-4-11(34)7-33(6-10)26(35,36)37)14-9-39-8-13(14)18(21(22)28)20-15(27)2-3-16-17(20)12(5-29)23(30)40-16/h2-3,10-11,35-37H,4,6-9,30H2,1H3. The van der Waals surface area contributed by atoms with Gasteiger partial charge in [0.25, 0.3) is 0 Å². The highest BCUT2D eigenvalue weighted by atomic mass is 32.1. The van der Waals surface area contributed by atoms with Gasteiger partial charge in [-0.1, -0.05) is 0 Å². The van der Waals surface area contributed by atoms with E-state index in [2.05, 4.69) is 9.97 Å². The van der Waals surface area contributed by atoms with Gasteiger partial charge in [-0.05, 0) is 29.7 Å². The number of piperidine rings is 1. The molecular formula is C26H22F2N6O5S. The number of nitrogen functional groups attached to an aromatic ring is 1. The minimum Gasteiger partial charge on any atom is -0.467 e. The predicted octanol–water partition coefficient (Wildman–Crippen LogP) is 2.13. The lowest BCUT2D eigenvalue weighted by Crippen LogP contribution is -2.73. The molecule has 2 unspecified atom stereocenters. The summed E-state index contributed by atoms with van der Waals surface area (Å²) in [7, 11) is 1.35. The van der Waals surface area contributed by atoms with Gasteiger partial charge in [0.15, 0.2) is 5.82 Å². The lowest BCUT2D eigenvalue weighted by molar-refractivity contribution is -0.399. The molecule has 11 nitrogen and oxygen atoms in total. The number of nitriles is 1. The van der Waals surface area contributed by atoms with Crippen LogP contribution in [0.1, 0.15) is 23.1 Å². The number of benzene rings is 2. The van der Waals surface area contributed by atoms with Crippen LogP contribution >= 0.6 is 11.3 Å². The molecule has 14 heteroatoms. The first-order chi connectivity index (χ1) is 19.1. The number of fused-ring (bicyclic) bond motifs is 6. The van der Waals surface area contributed by atoms with Crippen LogP contribution in [0.3, 0.4) is 0 Å². The van der Waals surface area contributed by atoms with Gasteiger partial charge in [-0.15, -0.1) is 11.3 Å². The first-order valence-corrected chi connectivity index (χ1v) is 13.2. The Balaban J connectivity index is 1.50. The molecule has 2 aromatic heterocycles. The average Bonchev–Trinajstić information content (AvgIpc) is 3.53. The number of aliphatic hydroxyl groups is 3. The third-order valence-corrected chi connectivity index (χ3v) is 8.98. The Morgan fingerprint density at radius 3 is 2.52 bits per heavy atom. The molecule has 0 amide bonds. The van der Waals surface area contributed by atoms with Gasteiger partial charge in [-0.2, -0.15) is 15.2 Å². The van der Waals surface area contributed by atoms with Gasteiger partial charge in [-0.25, -0.2) is 13.7 Å². The number of likely N-dealkylation sites (tertiary alicyclic amines) is 1. The van der Waals surface area contributed by atoms with Gasteiger partial charge in [0.2, 0.25) is 0 Å². The van der Waals surface area contributed by atoms with E-state index in [4.69, 9.17) is 15.2 Å². The summed E-state index contributed by atoms with van der Waals surface area (Å²) in [5.41, 5.74) is 6.92. The zero-order chi connectivity index (χ0) is 28.1. The summed E-state index contributed by atoms with van der Waals surface area (Å²) in [6.45, 7) is 0.342. The molecule has 2 saturated heterocycles. The molecule has 206 valence electrons. The van der Waals surface area contributed by atoms with Gasteiger partial charge in [-0.3, -0.25) is 0 Å². The zero-order valence-corrected chi connectivity index (χ0v) is 21.8. The highest BCUT2D eigenvalue weighted by Gasteiger charge is 2.51. The van der Waals surface area contributed by atoms with Crippen LogP contribution in [0.2, 0.25) is 0 Å². The van der Waals surface area contributed by atoms with E-state index in [-0.39, 0.29) is 77.0 Å². The van der Waals surface area contributed by atoms with E-state index < -0.39 is 17.7 Å². The van der Waals surface area contributed by atoms with Gasteiger partial charge < -0.3 is 35.4 Å². The number of halogens is 2. The number of nitrogens with two attached hydrogens (primary N) is 1. The molecule has 0 spiro atoms. The van der Waals surface area contributed by atoms with Crippen molar-refractivity contribution in [2.24, 2.45) is 0 Å². The zero-order valence-electron chi connectivity index (χ0n) is 21.0. The molecule has 2 atom stereocenters. The summed E-state index contributed by atoms with van der Waals surface area (Å²) in [6.07, 6.45) is -2.26. The van der Waals surface area contributed by atoms with Crippen LogP contribution < -0.4 is 15.4 Å². The summed E-state index contributed by atoms with van der Waals surface area (Å²) < 4.78 is 44.0. The molecule has 0 aliphatic carbocycles. The first-order valence-electron chi connectivity index (χ1n) is 12.4. The fourth-order valence-corrected chi connectivity index (χ4v) is 7.20. The fourth-order valence-electron chi connectivity index (χ4n) is 6.27. The molecule has 2 fully saturated rings. The summed E-state index contributed by atoms with van der Waals surface area (Å²) in [6, 6.07) is 4.15. The second-order valence-electron chi connectivity index (χ2n) is 10.1. The molecule has 5 N–H and O–H groups in total. The van der Waals surface area contributed by atoms with Gasteiger partial charge in [0, 0.05) is 46.4 Å². The van der Waals surface area contributed by atoms with E-state index in [0.717, 1.165) is 16.2 Å². The van der Waals surface area contributed by atoms with Crippen molar-refractivity contribution in [2.45, 2.75) is 37.8 Å². The SMILES string of the molecule is COc1nc(N2C3CC2CN(C(O)(O)O)C3)c2c3c(c(-c4c(F)ccc5sc(N)c(C#N)c45)c(F)c2n1)COC3. The van der Waals surface area contributed by atoms with Crippen LogP contribution in [0.4, 0.5) is 19.6 Å². The van der Waals surface area contributed by atoms with Crippen molar-refractivity contribution in [1.29, 1.82) is 5.26 Å². The second-order valence-corrected chi connectivity index (χ2v) is 11.2. The van der Waals surface area contributed by atoms with Crippen LogP contribution in [0.25, 0.3) is 32.1 Å². The fraction of sp³-hybridized carbons (Fsp3) is 0.346. The topological polar surface area (TPSA) is 161 Å². The van der Waals surface area contributed by atoms with Crippen molar-refractivity contribution >= 4 is 43.1 Å². The van der Waals surface area contributed by atoms with E-state index in [1.54, 1.807) is 0 Å². The highest BCUT2D eigenvalue weighted by molar-refractivity contribution is 7.23. The number of nitrogens with zero attached hydrogens (tertiary/aromatic N) is 5. The second kappa shape index (κ2) is 8.64. The van der Waals surface area contributed by atoms with Crippen molar-refractivity contribution < 1.29 is 33.6 Å². The van der Waals surface area contributed by atoms with Gasteiger partial charge in [0.1, 0.15) is 28.2 Å². The maximum atomic E-state index is 16.7. The third kappa shape index (κ3) is 3.43. The number of hydrogen-bond acceptors (Lipinski definition) is 12. The maximum absolute atomic E-state index is 16.7. The number of methoxy groups -OCH3 is 1. The summed E-state index contributed by atoms with van der Waals surface area (Å²) in [4.78, 5) is 12.0. The molecule has 0 saturated carbocycles. The van der Waals surface area contributed by atoms with E-state index in [9.17, 15) is 20.6 Å². The Bertz CT molecular complexity index is 1770.